The van der Waals surface area contributed by atoms with E-state index >= 15 is 0 Å². The van der Waals surface area contributed by atoms with Crippen LogP contribution in [0.1, 0.15) is 6.92 Å². The topological polar surface area (TPSA) is 84.4 Å². The van der Waals surface area contributed by atoms with Crippen LogP contribution in [0, 0.1) is 10.1 Å². The fourth-order valence-corrected chi connectivity index (χ4v) is 1.67. The van der Waals surface area contributed by atoms with Crippen molar-refractivity contribution in [2.75, 3.05) is 32.0 Å². The predicted molar refractivity (Wildman–Crippen MR) is 72.3 cm³/mol. The van der Waals surface area contributed by atoms with Crippen molar-refractivity contribution in [1.29, 1.82) is 0 Å². The molecule has 2 aromatic rings. The van der Waals surface area contributed by atoms with Crippen molar-refractivity contribution in [2.45, 2.75) is 6.92 Å². The van der Waals surface area contributed by atoms with Crippen LogP contribution in [-0.2, 0) is 0 Å². The number of aromatic nitrogens is 1. The molecule has 1 N–H and O–H groups in total. The fraction of sp³-hybridized carbons (Fsp3) is 0.417. The molecule has 7 heteroatoms. The Morgan fingerprint density at radius 1 is 1.53 bits per heavy atom. The smallest absolute Gasteiger partial charge is 0.298 e. The highest BCUT2D eigenvalue weighted by Crippen LogP contribution is 2.27. The zero-order valence-electron chi connectivity index (χ0n) is 10.9. The lowest BCUT2D eigenvalue weighted by Crippen LogP contribution is -2.24. The van der Waals surface area contributed by atoms with E-state index in [4.69, 9.17) is 4.42 Å². The van der Waals surface area contributed by atoms with Gasteiger partial charge < -0.3 is 14.6 Å². The molecule has 1 heterocycles. The SMILES string of the molecule is CCN(C)CCNc1nc2c([N+](=O)[O-])cccc2o1. The summed E-state index contributed by atoms with van der Waals surface area (Å²) in [5.41, 5.74) is 0.652. The van der Waals surface area contributed by atoms with Crippen LogP contribution in [0.15, 0.2) is 22.6 Å². The highest BCUT2D eigenvalue weighted by Gasteiger charge is 2.17. The van der Waals surface area contributed by atoms with Gasteiger partial charge in [0.1, 0.15) is 0 Å². The molecule has 0 aliphatic carbocycles. The molecule has 0 unspecified atom stereocenters. The molecule has 19 heavy (non-hydrogen) atoms. The summed E-state index contributed by atoms with van der Waals surface area (Å²) in [6, 6.07) is 4.98. The minimum absolute atomic E-state index is 0.0417. The van der Waals surface area contributed by atoms with Gasteiger partial charge in [-0.05, 0) is 19.7 Å². The van der Waals surface area contributed by atoms with Crippen LogP contribution in [0.25, 0.3) is 11.1 Å². The molecule has 0 bridgehead atoms. The Hall–Kier alpha value is -2.15. The van der Waals surface area contributed by atoms with E-state index in [0.717, 1.165) is 13.1 Å². The molecule has 1 aromatic carbocycles. The van der Waals surface area contributed by atoms with E-state index in [1.807, 2.05) is 7.05 Å². The summed E-state index contributed by atoms with van der Waals surface area (Å²) in [4.78, 5) is 16.7. The lowest BCUT2D eigenvalue weighted by molar-refractivity contribution is -0.383. The van der Waals surface area contributed by atoms with E-state index in [2.05, 4.69) is 22.1 Å². The molecule has 0 amide bonds. The van der Waals surface area contributed by atoms with Crippen molar-refractivity contribution in [3.05, 3.63) is 28.3 Å². The van der Waals surface area contributed by atoms with Crippen LogP contribution in [0.5, 0.6) is 0 Å². The standard InChI is InChI=1S/C12H16N4O3/c1-3-15(2)8-7-13-12-14-11-9(16(17)18)5-4-6-10(11)19-12/h4-6H,3,7-8H2,1-2H3,(H,13,14). The summed E-state index contributed by atoms with van der Waals surface area (Å²) >= 11 is 0. The Balaban J connectivity index is 2.13. The Bertz CT molecular complexity index is 581. The fourth-order valence-electron chi connectivity index (χ4n) is 1.67. The second-order valence-electron chi connectivity index (χ2n) is 4.22. The third-order valence-electron chi connectivity index (χ3n) is 2.90. The molecule has 0 fully saturated rings. The zero-order chi connectivity index (χ0) is 13.8. The summed E-state index contributed by atoms with van der Waals surface area (Å²) in [7, 11) is 2.01. The summed E-state index contributed by atoms with van der Waals surface area (Å²) < 4.78 is 5.43. The molecule has 0 aliphatic rings. The number of para-hydroxylation sites is 1. The third-order valence-corrected chi connectivity index (χ3v) is 2.90. The molecule has 2 rings (SSSR count). The van der Waals surface area contributed by atoms with Crippen LogP contribution >= 0.6 is 0 Å². The maximum Gasteiger partial charge on any atom is 0.298 e. The van der Waals surface area contributed by atoms with Crippen LogP contribution in [0.3, 0.4) is 0 Å². The number of rotatable bonds is 6. The summed E-state index contributed by atoms with van der Waals surface area (Å²) in [5.74, 6) is 0. The van der Waals surface area contributed by atoms with Gasteiger partial charge in [0.15, 0.2) is 11.1 Å². The Labute approximate surface area is 110 Å². The second-order valence-corrected chi connectivity index (χ2v) is 4.22. The molecule has 0 atom stereocenters. The molecule has 0 aliphatic heterocycles. The van der Waals surface area contributed by atoms with Gasteiger partial charge in [-0.3, -0.25) is 10.1 Å². The average molecular weight is 264 g/mol. The number of anilines is 1. The van der Waals surface area contributed by atoms with E-state index in [9.17, 15) is 10.1 Å². The first-order valence-electron chi connectivity index (χ1n) is 6.08. The molecule has 0 saturated carbocycles. The van der Waals surface area contributed by atoms with Gasteiger partial charge >= 0.3 is 0 Å². The third kappa shape index (κ3) is 3.00. The van der Waals surface area contributed by atoms with E-state index < -0.39 is 4.92 Å². The first-order chi connectivity index (χ1) is 9.11. The quantitative estimate of drug-likeness (QED) is 0.635. The number of non-ortho nitro benzene ring substituents is 1. The Kier molecular flexibility index (Phi) is 3.96. The van der Waals surface area contributed by atoms with Crippen molar-refractivity contribution >= 4 is 22.8 Å². The largest absolute Gasteiger partial charge is 0.423 e. The Morgan fingerprint density at radius 3 is 3.00 bits per heavy atom. The van der Waals surface area contributed by atoms with Gasteiger partial charge in [-0.1, -0.05) is 13.0 Å². The number of hydrogen-bond donors (Lipinski definition) is 1. The van der Waals surface area contributed by atoms with Gasteiger partial charge in [0, 0.05) is 19.2 Å². The number of nitro benzene ring substituents is 1. The number of fused-ring (bicyclic) bond motifs is 1. The van der Waals surface area contributed by atoms with Gasteiger partial charge in [0.25, 0.3) is 11.7 Å². The Morgan fingerprint density at radius 2 is 2.32 bits per heavy atom. The average Bonchev–Trinajstić information content (AvgIpc) is 2.80. The van der Waals surface area contributed by atoms with E-state index in [1.165, 1.54) is 6.07 Å². The van der Waals surface area contributed by atoms with Gasteiger partial charge in [0.05, 0.1) is 4.92 Å². The maximum atomic E-state index is 10.9. The van der Waals surface area contributed by atoms with Crippen molar-refractivity contribution in [3.8, 4) is 0 Å². The monoisotopic (exact) mass is 264 g/mol. The molecular formula is C12H16N4O3. The number of nitrogens with zero attached hydrogens (tertiary/aromatic N) is 3. The lowest BCUT2D eigenvalue weighted by Gasteiger charge is -2.12. The van der Waals surface area contributed by atoms with E-state index in [0.29, 0.717) is 18.1 Å². The minimum atomic E-state index is -0.459. The molecule has 7 nitrogen and oxygen atoms in total. The minimum Gasteiger partial charge on any atom is -0.423 e. The summed E-state index contributed by atoms with van der Waals surface area (Å²) in [5, 5.41) is 13.9. The predicted octanol–water partition coefficient (Wildman–Crippen LogP) is 2.10. The molecule has 102 valence electrons. The van der Waals surface area contributed by atoms with Crippen molar-refractivity contribution in [2.24, 2.45) is 0 Å². The summed E-state index contributed by atoms with van der Waals surface area (Å²) in [6.07, 6.45) is 0. The van der Waals surface area contributed by atoms with Crippen LogP contribution in [0.2, 0.25) is 0 Å². The number of hydrogen-bond acceptors (Lipinski definition) is 6. The molecule has 0 saturated heterocycles. The van der Waals surface area contributed by atoms with Crippen LogP contribution in [-0.4, -0.2) is 41.5 Å². The normalized spacial score (nSPS) is 11.1. The highest BCUT2D eigenvalue weighted by molar-refractivity contribution is 5.83. The van der Waals surface area contributed by atoms with Gasteiger partial charge in [-0.25, -0.2) is 0 Å². The number of oxazole rings is 1. The van der Waals surface area contributed by atoms with Gasteiger partial charge in [-0.2, -0.15) is 4.98 Å². The van der Waals surface area contributed by atoms with E-state index in [1.54, 1.807) is 12.1 Å². The van der Waals surface area contributed by atoms with Crippen LogP contribution in [0.4, 0.5) is 11.7 Å². The number of benzene rings is 1. The number of nitro groups is 1. The number of likely N-dealkylation sites (N-methyl/N-ethyl adjacent to an activating group) is 1. The van der Waals surface area contributed by atoms with E-state index in [-0.39, 0.29) is 11.2 Å². The highest BCUT2D eigenvalue weighted by atomic mass is 16.6. The molecule has 0 radical (unpaired) electrons. The molecular weight excluding hydrogens is 248 g/mol. The molecule has 1 aromatic heterocycles. The van der Waals surface area contributed by atoms with Crippen molar-refractivity contribution < 1.29 is 9.34 Å². The lowest BCUT2D eigenvalue weighted by atomic mass is 10.3. The maximum absolute atomic E-state index is 10.9. The summed E-state index contributed by atoms with van der Waals surface area (Å²) in [6.45, 7) is 4.55. The first-order valence-corrected chi connectivity index (χ1v) is 6.08. The second kappa shape index (κ2) is 5.66. The van der Waals surface area contributed by atoms with Gasteiger partial charge in [-0.15, -0.1) is 0 Å². The molecule has 0 spiro atoms. The van der Waals surface area contributed by atoms with Gasteiger partial charge in [0.2, 0.25) is 0 Å². The van der Waals surface area contributed by atoms with Crippen molar-refractivity contribution in [1.82, 2.24) is 9.88 Å². The van der Waals surface area contributed by atoms with Crippen LogP contribution < -0.4 is 5.32 Å². The zero-order valence-corrected chi connectivity index (χ0v) is 10.9. The number of nitrogens with one attached hydrogen (secondary N) is 1. The first kappa shape index (κ1) is 13.3. The van der Waals surface area contributed by atoms with Crippen molar-refractivity contribution in [3.63, 3.8) is 0 Å².